The fourth-order valence-corrected chi connectivity index (χ4v) is 2.01. The standard InChI is InChI=1S/C17H31NO3/c1-9-21-16(20)13(4)14(10-12(2)3)18(8)15(19)11-17(5,6)7/h12H,9-11H2,1-8H3. The third-order valence-electron chi connectivity index (χ3n) is 3.08. The van der Waals surface area contributed by atoms with E-state index in [-0.39, 0.29) is 17.3 Å². The molecule has 122 valence electrons. The summed E-state index contributed by atoms with van der Waals surface area (Å²) in [6, 6.07) is 0. The summed E-state index contributed by atoms with van der Waals surface area (Å²) in [4.78, 5) is 26.0. The molecular formula is C17H31NO3. The summed E-state index contributed by atoms with van der Waals surface area (Å²) in [7, 11) is 1.74. The Morgan fingerprint density at radius 2 is 1.71 bits per heavy atom. The van der Waals surface area contributed by atoms with Gasteiger partial charge in [-0.2, -0.15) is 0 Å². The molecule has 0 saturated heterocycles. The molecule has 1 amide bonds. The molecule has 0 aromatic heterocycles. The van der Waals surface area contributed by atoms with Gasteiger partial charge in [-0.05, 0) is 31.6 Å². The van der Waals surface area contributed by atoms with Crippen molar-refractivity contribution in [1.29, 1.82) is 0 Å². The van der Waals surface area contributed by atoms with Crippen molar-refractivity contribution in [2.45, 2.75) is 61.3 Å². The van der Waals surface area contributed by atoms with Crippen LogP contribution in [0.25, 0.3) is 0 Å². The summed E-state index contributed by atoms with van der Waals surface area (Å²) in [6.07, 6.45) is 1.12. The number of carbonyl (C=O) groups is 2. The lowest BCUT2D eigenvalue weighted by Gasteiger charge is -2.27. The number of hydrogen-bond donors (Lipinski definition) is 0. The van der Waals surface area contributed by atoms with E-state index in [2.05, 4.69) is 13.8 Å². The van der Waals surface area contributed by atoms with Crippen LogP contribution in [-0.2, 0) is 14.3 Å². The third kappa shape index (κ3) is 7.30. The molecule has 0 unspecified atom stereocenters. The van der Waals surface area contributed by atoms with Gasteiger partial charge >= 0.3 is 5.97 Å². The monoisotopic (exact) mass is 297 g/mol. The highest BCUT2D eigenvalue weighted by Gasteiger charge is 2.24. The fourth-order valence-electron chi connectivity index (χ4n) is 2.01. The summed E-state index contributed by atoms with van der Waals surface area (Å²) >= 11 is 0. The highest BCUT2D eigenvalue weighted by atomic mass is 16.5. The summed E-state index contributed by atoms with van der Waals surface area (Å²) in [5.74, 6) is 0.0413. The van der Waals surface area contributed by atoms with Crippen molar-refractivity contribution in [3.63, 3.8) is 0 Å². The molecule has 0 aromatic rings. The van der Waals surface area contributed by atoms with Gasteiger partial charge in [-0.1, -0.05) is 34.6 Å². The Kier molecular flexibility index (Phi) is 7.69. The maximum atomic E-state index is 12.4. The average molecular weight is 297 g/mol. The Hall–Kier alpha value is -1.32. The summed E-state index contributed by atoms with van der Waals surface area (Å²) < 4.78 is 5.06. The topological polar surface area (TPSA) is 46.6 Å². The van der Waals surface area contributed by atoms with Gasteiger partial charge in [0.15, 0.2) is 0 Å². The van der Waals surface area contributed by atoms with Gasteiger partial charge in [-0.25, -0.2) is 4.79 Å². The average Bonchev–Trinajstić information content (AvgIpc) is 2.32. The molecule has 0 bridgehead atoms. The Bertz CT molecular complexity index is 403. The molecule has 0 heterocycles. The normalized spacial score (nSPS) is 13.0. The molecule has 0 fully saturated rings. The smallest absolute Gasteiger partial charge is 0.335 e. The van der Waals surface area contributed by atoms with E-state index in [0.717, 1.165) is 5.70 Å². The molecule has 4 nitrogen and oxygen atoms in total. The highest BCUT2D eigenvalue weighted by Crippen LogP contribution is 2.24. The zero-order chi connectivity index (χ0) is 16.8. The van der Waals surface area contributed by atoms with E-state index in [1.54, 1.807) is 25.8 Å². The van der Waals surface area contributed by atoms with Gasteiger partial charge in [0, 0.05) is 19.2 Å². The molecule has 0 aliphatic carbocycles. The van der Waals surface area contributed by atoms with Gasteiger partial charge in [0.2, 0.25) is 5.91 Å². The molecule has 0 atom stereocenters. The van der Waals surface area contributed by atoms with E-state index in [4.69, 9.17) is 4.74 Å². The van der Waals surface area contributed by atoms with Crippen LogP contribution in [0.3, 0.4) is 0 Å². The van der Waals surface area contributed by atoms with E-state index >= 15 is 0 Å². The van der Waals surface area contributed by atoms with E-state index in [9.17, 15) is 9.59 Å². The van der Waals surface area contributed by atoms with Crippen LogP contribution in [0.15, 0.2) is 11.3 Å². The molecule has 0 aliphatic rings. The first kappa shape index (κ1) is 19.7. The largest absolute Gasteiger partial charge is 0.463 e. The van der Waals surface area contributed by atoms with Crippen molar-refractivity contribution in [3.05, 3.63) is 11.3 Å². The minimum absolute atomic E-state index is 0.0294. The first-order chi connectivity index (χ1) is 9.49. The van der Waals surface area contributed by atoms with Crippen LogP contribution in [0.4, 0.5) is 0 Å². The van der Waals surface area contributed by atoms with Crippen molar-refractivity contribution in [1.82, 2.24) is 4.90 Å². The Morgan fingerprint density at radius 1 is 1.19 bits per heavy atom. The zero-order valence-electron chi connectivity index (χ0n) is 14.9. The Morgan fingerprint density at radius 3 is 2.10 bits per heavy atom. The van der Waals surface area contributed by atoms with Crippen LogP contribution in [0.1, 0.15) is 61.3 Å². The van der Waals surface area contributed by atoms with E-state index in [1.165, 1.54) is 0 Å². The van der Waals surface area contributed by atoms with E-state index in [1.807, 2.05) is 20.8 Å². The van der Waals surface area contributed by atoms with Gasteiger partial charge < -0.3 is 9.64 Å². The van der Waals surface area contributed by atoms with Gasteiger partial charge in [0.05, 0.1) is 12.2 Å². The molecule has 21 heavy (non-hydrogen) atoms. The molecular weight excluding hydrogens is 266 g/mol. The first-order valence-electron chi connectivity index (χ1n) is 7.63. The number of allylic oxidation sites excluding steroid dienone is 1. The maximum Gasteiger partial charge on any atom is 0.335 e. The molecule has 0 rings (SSSR count). The number of rotatable bonds is 6. The Balaban J connectivity index is 5.36. The van der Waals surface area contributed by atoms with Gasteiger partial charge in [-0.3, -0.25) is 4.79 Å². The number of nitrogens with zero attached hydrogens (tertiary/aromatic N) is 1. The Labute approximate surface area is 129 Å². The van der Waals surface area contributed by atoms with E-state index < -0.39 is 0 Å². The van der Waals surface area contributed by atoms with Crippen LogP contribution in [0.2, 0.25) is 0 Å². The summed E-state index contributed by atoms with van der Waals surface area (Å²) in [5.41, 5.74) is 1.21. The third-order valence-corrected chi connectivity index (χ3v) is 3.08. The minimum Gasteiger partial charge on any atom is -0.463 e. The number of hydrogen-bond acceptors (Lipinski definition) is 3. The molecule has 4 heteroatoms. The van der Waals surface area contributed by atoms with Crippen molar-refractivity contribution in [2.75, 3.05) is 13.7 Å². The molecule has 0 aliphatic heterocycles. The minimum atomic E-state index is -0.344. The van der Waals surface area contributed by atoms with Crippen LogP contribution in [0, 0.1) is 11.3 Å². The van der Waals surface area contributed by atoms with Crippen molar-refractivity contribution in [3.8, 4) is 0 Å². The molecule has 0 radical (unpaired) electrons. The number of amides is 1. The fraction of sp³-hybridized carbons (Fsp3) is 0.765. The highest BCUT2D eigenvalue weighted by molar-refractivity contribution is 5.90. The van der Waals surface area contributed by atoms with E-state index in [0.29, 0.717) is 30.9 Å². The van der Waals surface area contributed by atoms with Gasteiger partial charge in [0.1, 0.15) is 0 Å². The molecule has 0 aromatic carbocycles. The molecule has 0 saturated carbocycles. The van der Waals surface area contributed by atoms with Crippen LogP contribution in [-0.4, -0.2) is 30.4 Å². The van der Waals surface area contributed by atoms with Gasteiger partial charge in [0.25, 0.3) is 0 Å². The second kappa shape index (κ2) is 8.20. The van der Waals surface area contributed by atoms with Gasteiger partial charge in [-0.15, -0.1) is 0 Å². The summed E-state index contributed by atoms with van der Waals surface area (Å²) in [6.45, 7) is 14.1. The lowest BCUT2D eigenvalue weighted by atomic mass is 9.91. The van der Waals surface area contributed by atoms with Crippen LogP contribution < -0.4 is 0 Å². The van der Waals surface area contributed by atoms with Crippen molar-refractivity contribution < 1.29 is 14.3 Å². The SMILES string of the molecule is CCOC(=O)C(C)=C(CC(C)C)N(C)C(=O)CC(C)(C)C. The number of esters is 1. The van der Waals surface area contributed by atoms with Crippen molar-refractivity contribution >= 4 is 11.9 Å². The predicted molar refractivity (Wildman–Crippen MR) is 85.6 cm³/mol. The van der Waals surface area contributed by atoms with Crippen LogP contribution in [0.5, 0.6) is 0 Å². The second-order valence-corrected chi connectivity index (χ2v) is 7.08. The lowest BCUT2D eigenvalue weighted by Crippen LogP contribution is -2.31. The maximum absolute atomic E-state index is 12.4. The second-order valence-electron chi connectivity index (χ2n) is 7.08. The lowest BCUT2D eigenvalue weighted by molar-refractivity contribution is -0.138. The quantitative estimate of drug-likeness (QED) is 0.554. The number of ether oxygens (including phenoxy) is 1. The molecule has 0 N–H and O–H groups in total. The number of carbonyl (C=O) groups excluding carboxylic acids is 2. The predicted octanol–water partition coefficient (Wildman–Crippen LogP) is 3.76. The zero-order valence-corrected chi connectivity index (χ0v) is 14.9. The van der Waals surface area contributed by atoms with Crippen molar-refractivity contribution in [2.24, 2.45) is 11.3 Å². The summed E-state index contributed by atoms with van der Waals surface area (Å²) in [5, 5.41) is 0. The first-order valence-corrected chi connectivity index (χ1v) is 7.63. The molecule has 0 spiro atoms. The van der Waals surface area contributed by atoms with Crippen LogP contribution >= 0.6 is 0 Å².